The average molecular weight is 428 g/mol. The lowest BCUT2D eigenvalue weighted by Crippen LogP contribution is -2.25. The number of amides is 1. The molecule has 0 aliphatic heterocycles. The second kappa shape index (κ2) is 9.59. The fourth-order valence-electron chi connectivity index (χ4n) is 3.59. The van der Waals surface area contributed by atoms with Gasteiger partial charge < -0.3 is 9.84 Å². The maximum Gasteiger partial charge on any atom is 0.311 e. The highest BCUT2D eigenvalue weighted by atomic mass is 16.6. The highest BCUT2D eigenvalue weighted by molar-refractivity contribution is 5.87. The molecule has 166 valence electrons. The van der Waals surface area contributed by atoms with Crippen molar-refractivity contribution >= 4 is 17.8 Å². The predicted octanol–water partition coefficient (Wildman–Crippen LogP) is 4.54. The summed E-state index contributed by atoms with van der Waals surface area (Å²) in [6.07, 6.45) is 2.16. The molecule has 2 N–H and O–H groups in total. The van der Waals surface area contributed by atoms with E-state index in [0.717, 1.165) is 12.6 Å². The quantitative estimate of drug-likeness (QED) is 0.365. The number of carbonyl (C=O) groups is 1. The lowest BCUT2D eigenvalue weighted by atomic mass is 9.72. The fourth-order valence-corrected chi connectivity index (χ4v) is 3.59. The summed E-state index contributed by atoms with van der Waals surface area (Å²) < 4.78 is 5.49. The molecule has 0 fully saturated rings. The fraction of sp³-hybridized carbons (Fsp3) is 0.391. The standard InChI is InChI=1S/C23H29N3O5/c1-22(2,3)15-23(4,5)17-9-11-18(12-10-17)31-14-20(27)25-24-13-16-7-6-8-19(21(16)28)26(29)30/h6-13,28H,14-15H2,1-5H3,(H,25,27). The topological polar surface area (TPSA) is 114 Å². The molecule has 0 spiro atoms. The van der Waals surface area contributed by atoms with Crippen LogP contribution in [-0.2, 0) is 10.2 Å². The number of nitrogens with one attached hydrogen (secondary N) is 1. The highest BCUT2D eigenvalue weighted by Crippen LogP contribution is 2.36. The number of carbonyl (C=O) groups excluding carboxylic acids is 1. The van der Waals surface area contributed by atoms with Gasteiger partial charge in [-0.25, -0.2) is 5.43 Å². The summed E-state index contributed by atoms with van der Waals surface area (Å²) in [7, 11) is 0. The average Bonchev–Trinajstić information content (AvgIpc) is 2.66. The molecule has 0 aliphatic carbocycles. The van der Waals surface area contributed by atoms with Crippen LogP contribution in [0, 0.1) is 15.5 Å². The molecule has 0 heterocycles. The Labute approximate surface area is 182 Å². The van der Waals surface area contributed by atoms with Crippen molar-refractivity contribution in [3.05, 3.63) is 63.7 Å². The number of nitrogens with zero attached hydrogens (tertiary/aromatic N) is 2. The first kappa shape index (κ1) is 23.9. The minimum Gasteiger partial charge on any atom is -0.502 e. The van der Waals surface area contributed by atoms with Crippen molar-refractivity contribution in [2.45, 2.75) is 46.5 Å². The molecule has 1 amide bonds. The molecule has 0 aliphatic rings. The van der Waals surface area contributed by atoms with E-state index < -0.39 is 22.3 Å². The maximum atomic E-state index is 11.9. The van der Waals surface area contributed by atoms with E-state index in [4.69, 9.17) is 4.74 Å². The number of benzene rings is 2. The third-order valence-electron chi connectivity index (χ3n) is 4.61. The molecule has 0 unspecified atom stereocenters. The number of phenolic OH excluding ortho intramolecular Hbond substituents is 1. The molecule has 0 saturated carbocycles. The first-order valence-corrected chi connectivity index (χ1v) is 9.91. The molecule has 2 rings (SSSR count). The summed E-state index contributed by atoms with van der Waals surface area (Å²) >= 11 is 0. The van der Waals surface area contributed by atoms with Gasteiger partial charge in [0.15, 0.2) is 6.61 Å². The summed E-state index contributed by atoms with van der Waals surface area (Å²) in [5.41, 5.74) is 3.36. The van der Waals surface area contributed by atoms with Crippen molar-refractivity contribution in [1.29, 1.82) is 0 Å². The van der Waals surface area contributed by atoms with Crippen LogP contribution < -0.4 is 10.2 Å². The second-order valence-corrected chi connectivity index (χ2v) is 9.20. The van der Waals surface area contributed by atoms with E-state index in [9.17, 15) is 20.0 Å². The van der Waals surface area contributed by atoms with E-state index in [1.165, 1.54) is 23.8 Å². The minimum absolute atomic E-state index is 0.0148. The Hall–Kier alpha value is -3.42. The zero-order valence-electron chi connectivity index (χ0n) is 18.5. The van der Waals surface area contributed by atoms with Gasteiger partial charge in [0, 0.05) is 11.6 Å². The normalized spacial score (nSPS) is 12.0. The summed E-state index contributed by atoms with van der Waals surface area (Å²) in [6.45, 7) is 10.8. The second-order valence-electron chi connectivity index (χ2n) is 9.20. The first-order chi connectivity index (χ1) is 14.4. The van der Waals surface area contributed by atoms with E-state index in [1.54, 1.807) is 0 Å². The summed E-state index contributed by atoms with van der Waals surface area (Å²) in [6, 6.07) is 11.7. The third kappa shape index (κ3) is 7.09. The van der Waals surface area contributed by atoms with Crippen molar-refractivity contribution in [3.63, 3.8) is 0 Å². The Balaban J connectivity index is 1.90. The van der Waals surface area contributed by atoms with E-state index >= 15 is 0 Å². The van der Waals surface area contributed by atoms with Gasteiger partial charge in [-0.2, -0.15) is 5.10 Å². The Morgan fingerprint density at radius 1 is 1.16 bits per heavy atom. The van der Waals surface area contributed by atoms with Crippen molar-refractivity contribution < 1.29 is 19.6 Å². The van der Waals surface area contributed by atoms with Gasteiger partial charge in [0.05, 0.1) is 11.1 Å². The van der Waals surface area contributed by atoms with Gasteiger partial charge in [0.1, 0.15) is 5.75 Å². The maximum absolute atomic E-state index is 11.9. The summed E-state index contributed by atoms with van der Waals surface area (Å²) in [5, 5.41) is 24.4. The summed E-state index contributed by atoms with van der Waals surface area (Å²) in [4.78, 5) is 22.1. The molecule has 0 bridgehead atoms. The monoisotopic (exact) mass is 427 g/mol. The van der Waals surface area contributed by atoms with E-state index in [0.29, 0.717) is 5.75 Å². The molecular formula is C23H29N3O5. The van der Waals surface area contributed by atoms with Gasteiger partial charge >= 0.3 is 5.69 Å². The number of aromatic hydroxyl groups is 1. The number of rotatable bonds is 8. The predicted molar refractivity (Wildman–Crippen MR) is 120 cm³/mol. The van der Waals surface area contributed by atoms with Crippen LogP contribution in [-0.4, -0.2) is 28.8 Å². The lowest BCUT2D eigenvalue weighted by Gasteiger charge is -2.33. The van der Waals surface area contributed by atoms with Gasteiger partial charge in [-0.3, -0.25) is 14.9 Å². The van der Waals surface area contributed by atoms with Crippen LogP contribution >= 0.6 is 0 Å². The highest BCUT2D eigenvalue weighted by Gasteiger charge is 2.27. The Kier molecular flexibility index (Phi) is 7.38. The Morgan fingerprint density at radius 2 is 1.81 bits per heavy atom. The van der Waals surface area contributed by atoms with Crippen LogP contribution in [0.25, 0.3) is 0 Å². The molecular weight excluding hydrogens is 398 g/mol. The number of nitro benzene ring substituents is 1. The Morgan fingerprint density at radius 3 is 2.39 bits per heavy atom. The van der Waals surface area contributed by atoms with Crippen LogP contribution in [0.1, 0.15) is 52.2 Å². The van der Waals surface area contributed by atoms with Crippen LogP contribution in [0.3, 0.4) is 0 Å². The number of phenols is 1. The minimum atomic E-state index is -0.700. The molecule has 8 nitrogen and oxygen atoms in total. The van der Waals surface area contributed by atoms with Crippen molar-refractivity contribution in [1.82, 2.24) is 5.43 Å². The van der Waals surface area contributed by atoms with Crippen LogP contribution in [0.5, 0.6) is 11.5 Å². The molecule has 0 radical (unpaired) electrons. The van der Waals surface area contributed by atoms with Crippen molar-refractivity contribution in [3.8, 4) is 11.5 Å². The first-order valence-electron chi connectivity index (χ1n) is 9.91. The number of ether oxygens (including phenoxy) is 1. The Bertz CT molecular complexity index is 960. The van der Waals surface area contributed by atoms with Gasteiger partial charge in [-0.05, 0) is 41.0 Å². The smallest absolute Gasteiger partial charge is 0.311 e. The third-order valence-corrected chi connectivity index (χ3v) is 4.61. The van der Waals surface area contributed by atoms with Crippen LogP contribution in [0.2, 0.25) is 0 Å². The number of nitro groups is 1. The van der Waals surface area contributed by atoms with Crippen LogP contribution in [0.15, 0.2) is 47.6 Å². The molecule has 0 atom stereocenters. The lowest BCUT2D eigenvalue weighted by molar-refractivity contribution is -0.385. The zero-order chi connectivity index (χ0) is 23.2. The van der Waals surface area contributed by atoms with Gasteiger partial charge in [0.2, 0.25) is 5.75 Å². The van der Waals surface area contributed by atoms with Gasteiger partial charge in [0.25, 0.3) is 5.91 Å². The molecule has 31 heavy (non-hydrogen) atoms. The SMILES string of the molecule is CC(C)(C)CC(C)(C)c1ccc(OCC(=O)NN=Cc2cccc([N+](=O)[O-])c2O)cc1. The molecule has 0 aromatic heterocycles. The van der Waals surface area contributed by atoms with Crippen molar-refractivity contribution in [2.24, 2.45) is 10.5 Å². The number of hydrogen-bond acceptors (Lipinski definition) is 6. The van der Waals surface area contributed by atoms with E-state index in [2.05, 4.69) is 45.1 Å². The van der Waals surface area contributed by atoms with Gasteiger partial charge in [-0.15, -0.1) is 0 Å². The largest absolute Gasteiger partial charge is 0.502 e. The molecule has 8 heteroatoms. The number of para-hydroxylation sites is 1. The van der Waals surface area contributed by atoms with E-state index in [-0.39, 0.29) is 23.0 Å². The number of hydrogen-bond donors (Lipinski definition) is 2. The van der Waals surface area contributed by atoms with Crippen LogP contribution in [0.4, 0.5) is 5.69 Å². The zero-order valence-corrected chi connectivity index (χ0v) is 18.5. The summed E-state index contributed by atoms with van der Waals surface area (Å²) in [5.74, 6) is -0.458. The van der Waals surface area contributed by atoms with Gasteiger partial charge in [-0.1, -0.05) is 52.8 Å². The number of hydrazone groups is 1. The molecule has 0 saturated heterocycles. The van der Waals surface area contributed by atoms with E-state index in [1.807, 2.05) is 24.3 Å². The molecule has 2 aromatic rings. The molecule has 2 aromatic carbocycles. The van der Waals surface area contributed by atoms with Crippen molar-refractivity contribution in [2.75, 3.05) is 6.61 Å².